The molecule has 0 saturated heterocycles. The molecule has 0 aliphatic rings. The highest BCUT2D eigenvalue weighted by Gasteiger charge is 1.89. The van der Waals surface area contributed by atoms with Gasteiger partial charge in [0.25, 0.3) is 0 Å². The van der Waals surface area contributed by atoms with E-state index >= 15 is 0 Å². The van der Waals surface area contributed by atoms with Crippen LogP contribution in [0.15, 0.2) is 42.7 Å². The van der Waals surface area contributed by atoms with Crippen molar-refractivity contribution in [1.82, 2.24) is 0 Å². The van der Waals surface area contributed by atoms with Gasteiger partial charge in [0.2, 0.25) is 0 Å². The molecule has 0 aromatic heterocycles. The molecule has 1 rings (SSSR count). The Bertz CT molecular complexity index is 242. The number of hydrogen-bond donors (Lipinski definition) is 1. The molecule has 1 aromatic carbocycles. The molecule has 2 nitrogen and oxygen atoms in total. The van der Waals surface area contributed by atoms with Crippen molar-refractivity contribution in [2.45, 2.75) is 12.8 Å². The van der Waals surface area contributed by atoms with Crippen LogP contribution in [0.25, 0.3) is 0 Å². The van der Waals surface area contributed by atoms with Crippen molar-refractivity contribution < 1.29 is 9.84 Å². The third-order valence-corrected chi connectivity index (χ3v) is 1.63. The molecule has 0 atom stereocenters. The monoisotopic (exact) mass is 178 g/mol. The number of rotatable bonds is 5. The largest absolute Gasteiger partial charge is 0.516 e. The summed E-state index contributed by atoms with van der Waals surface area (Å²) in [6.45, 7) is 0.689. The van der Waals surface area contributed by atoms with Crippen LogP contribution in [0, 0.1) is 0 Å². The summed E-state index contributed by atoms with van der Waals surface area (Å²) >= 11 is 0. The molecular formula is C11H14O2. The van der Waals surface area contributed by atoms with Gasteiger partial charge in [0.15, 0.2) is 0 Å². The minimum atomic E-state index is 0.689. The summed E-state index contributed by atoms with van der Waals surface area (Å²) < 4.78 is 5.44. The summed E-state index contributed by atoms with van der Waals surface area (Å²) in [5.41, 5.74) is 0. The Labute approximate surface area is 78.5 Å². The number of hydrogen-bond acceptors (Lipinski definition) is 2. The SMILES string of the molecule is OC=CCCCOc1ccccc1. The van der Waals surface area contributed by atoms with E-state index < -0.39 is 0 Å². The van der Waals surface area contributed by atoms with Crippen molar-refractivity contribution in [2.75, 3.05) is 6.61 Å². The Morgan fingerprint density at radius 3 is 2.69 bits per heavy atom. The molecule has 0 bridgehead atoms. The van der Waals surface area contributed by atoms with Gasteiger partial charge < -0.3 is 9.84 Å². The highest BCUT2D eigenvalue weighted by atomic mass is 16.5. The fraction of sp³-hybridized carbons (Fsp3) is 0.273. The Morgan fingerprint density at radius 1 is 1.23 bits per heavy atom. The number of para-hydroxylation sites is 1. The van der Waals surface area contributed by atoms with Crippen LogP contribution < -0.4 is 4.74 Å². The lowest BCUT2D eigenvalue weighted by molar-refractivity contribution is 0.311. The summed E-state index contributed by atoms with van der Waals surface area (Å²) in [5.74, 6) is 0.899. The van der Waals surface area contributed by atoms with E-state index in [9.17, 15) is 0 Å². The van der Waals surface area contributed by atoms with E-state index in [-0.39, 0.29) is 0 Å². The first-order chi connectivity index (χ1) is 6.43. The molecular weight excluding hydrogens is 164 g/mol. The molecule has 1 N–H and O–H groups in total. The van der Waals surface area contributed by atoms with Crippen molar-refractivity contribution in [3.8, 4) is 5.75 Å². The van der Waals surface area contributed by atoms with Gasteiger partial charge in [-0.1, -0.05) is 18.2 Å². The first kappa shape index (κ1) is 9.65. The topological polar surface area (TPSA) is 29.5 Å². The lowest BCUT2D eigenvalue weighted by Gasteiger charge is -2.03. The molecule has 0 radical (unpaired) electrons. The Morgan fingerprint density at radius 2 is 2.00 bits per heavy atom. The van der Waals surface area contributed by atoms with Crippen LogP contribution >= 0.6 is 0 Å². The Hall–Kier alpha value is -1.44. The van der Waals surface area contributed by atoms with Gasteiger partial charge in [0.05, 0.1) is 12.9 Å². The molecule has 0 spiro atoms. The first-order valence-electron chi connectivity index (χ1n) is 4.40. The van der Waals surface area contributed by atoms with Gasteiger partial charge in [0, 0.05) is 0 Å². The summed E-state index contributed by atoms with van der Waals surface area (Å²) in [6, 6.07) is 9.72. The Balaban J connectivity index is 2.13. The lowest BCUT2D eigenvalue weighted by Crippen LogP contribution is -1.95. The molecule has 0 aliphatic heterocycles. The first-order valence-corrected chi connectivity index (χ1v) is 4.40. The number of allylic oxidation sites excluding steroid dienone is 1. The molecule has 0 heterocycles. The van der Waals surface area contributed by atoms with Gasteiger partial charge in [-0.3, -0.25) is 0 Å². The molecule has 0 fully saturated rings. The molecule has 70 valence electrons. The van der Waals surface area contributed by atoms with Crippen LogP contribution in [-0.4, -0.2) is 11.7 Å². The summed E-state index contributed by atoms with van der Waals surface area (Å²) in [7, 11) is 0. The van der Waals surface area contributed by atoms with Gasteiger partial charge in [-0.25, -0.2) is 0 Å². The van der Waals surface area contributed by atoms with Gasteiger partial charge >= 0.3 is 0 Å². The van der Waals surface area contributed by atoms with Crippen LogP contribution in [0.1, 0.15) is 12.8 Å². The second kappa shape index (κ2) is 6.12. The standard InChI is InChI=1S/C11H14O2/c12-9-5-2-6-10-13-11-7-3-1-4-8-11/h1,3-5,7-9,12H,2,6,10H2. The number of aliphatic hydroxyl groups excluding tert-OH is 1. The van der Waals surface area contributed by atoms with Crippen molar-refractivity contribution in [3.63, 3.8) is 0 Å². The molecule has 0 amide bonds. The maximum Gasteiger partial charge on any atom is 0.119 e. The maximum atomic E-state index is 8.36. The van der Waals surface area contributed by atoms with E-state index in [1.54, 1.807) is 6.08 Å². The smallest absolute Gasteiger partial charge is 0.119 e. The van der Waals surface area contributed by atoms with E-state index in [4.69, 9.17) is 9.84 Å². The van der Waals surface area contributed by atoms with Crippen LogP contribution in [0.5, 0.6) is 5.75 Å². The minimum Gasteiger partial charge on any atom is -0.516 e. The third kappa shape index (κ3) is 4.21. The van der Waals surface area contributed by atoms with E-state index in [0.29, 0.717) is 6.61 Å². The van der Waals surface area contributed by atoms with Crippen molar-refractivity contribution in [1.29, 1.82) is 0 Å². The number of aliphatic hydroxyl groups is 1. The number of benzene rings is 1. The fourth-order valence-corrected chi connectivity index (χ4v) is 0.982. The molecule has 1 aromatic rings. The Kier molecular flexibility index (Phi) is 4.54. The van der Waals surface area contributed by atoms with E-state index in [2.05, 4.69) is 0 Å². The summed E-state index contributed by atoms with van der Waals surface area (Å²) in [5, 5.41) is 8.36. The number of ether oxygens (including phenoxy) is 1. The van der Waals surface area contributed by atoms with Gasteiger partial charge in [0.1, 0.15) is 5.75 Å². The highest BCUT2D eigenvalue weighted by molar-refractivity contribution is 5.20. The summed E-state index contributed by atoms with van der Waals surface area (Å²) in [6.07, 6.45) is 4.56. The second-order valence-corrected chi connectivity index (χ2v) is 2.69. The molecule has 0 unspecified atom stereocenters. The predicted molar refractivity (Wildman–Crippen MR) is 52.9 cm³/mol. The normalized spacial score (nSPS) is 10.5. The van der Waals surface area contributed by atoms with Gasteiger partial charge in [-0.05, 0) is 31.1 Å². The molecule has 0 saturated carbocycles. The molecule has 2 heteroatoms. The zero-order valence-electron chi connectivity index (χ0n) is 7.52. The third-order valence-electron chi connectivity index (χ3n) is 1.63. The minimum absolute atomic E-state index is 0.689. The van der Waals surface area contributed by atoms with Crippen LogP contribution in [0.3, 0.4) is 0 Å². The fourth-order valence-electron chi connectivity index (χ4n) is 0.982. The van der Waals surface area contributed by atoms with Crippen molar-refractivity contribution in [3.05, 3.63) is 42.7 Å². The predicted octanol–water partition coefficient (Wildman–Crippen LogP) is 2.92. The molecule has 0 aliphatic carbocycles. The average Bonchev–Trinajstić information content (AvgIpc) is 2.19. The zero-order valence-corrected chi connectivity index (χ0v) is 7.52. The van der Waals surface area contributed by atoms with E-state index in [1.165, 1.54) is 0 Å². The average molecular weight is 178 g/mol. The van der Waals surface area contributed by atoms with E-state index in [1.807, 2.05) is 30.3 Å². The van der Waals surface area contributed by atoms with Crippen molar-refractivity contribution in [2.24, 2.45) is 0 Å². The molecule has 13 heavy (non-hydrogen) atoms. The lowest BCUT2D eigenvalue weighted by atomic mass is 10.3. The zero-order chi connectivity index (χ0) is 9.36. The van der Waals surface area contributed by atoms with Gasteiger partial charge in [-0.2, -0.15) is 0 Å². The van der Waals surface area contributed by atoms with Gasteiger partial charge in [-0.15, -0.1) is 0 Å². The van der Waals surface area contributed by atoms with Crippen LogP contribution in [0.4, 0.5) is 0 Å². The van der Waals surface area contributed by atoms with E-state index in [0.717, 1.165) is 24.9 Å². The van der Waals surface area contributed by atoms with Crippen LogP contribution in [0.2, 0.25) is 0 Å². The quantitative estimate of drug-likeness (QED) is 0.555. The second-order valence-electron chi connectivity index (χ2n) is 2.69. The highest BCUT2D eigenvalue weighted by Crippen LogP contribution is 2.08. The van der Waals surface area contributed by atoms with Crippen molar-refractivity contribution >= 4 is 0 Å². The maximum absolute atomic E-state index is 8.36. The summed E-state index contributed by atoms with van der Waals surface area (Å²) in [4.78, 5) is 0. The van der Waals surface area contributed by atoms with Crippen LogP contribution in [-0.2, 0) is 0 Å². The number of unbranched alkanes of at least 4 members (excludes halogenated alkanes) is 1.